The molecule has 33 heavy (non-hydrogen) atoms. The summed E-state index contributed by atoms with van der Waals surface area (Å²) in [5.74, 6) is -1.15. The summed E-state index contributed by atoms with van der Waals surface area (Å²) < 4.78 is 5.50. The molecule has 0 fully saturated rings. The van der Waals surface area contributed by atoms with Crippen LogP contribution in [0.15, 0.2) is 82.2 Å². The number of ketones is 2. The summed E-state index contributed by atoms with van der Waals surface area (Å²) in [5, 5.41) is 3.08. The summed E-state index contributed by atoms with van der Waals surface area (Å²) in [7, 11) is 0. The van der Waals surface area contributed by atoms with Gasteiger partial charge in [0.25, 0.3) is 0 Å². The van der Waals surface area contributed by atoms with Gasteiger partial charge in [-0.05, 0) is 31.2 Å². The van der Waals surface area contributed by atoms with E-state index in [1.54, 1.807) is 54.6 Å². The van der Waals surface area contributed by atoms with Crippen molar-refractivity contribution in [2.45, 2.75) is 6.92 Å². The largest absolute Gasteiger partial charge is 0.463 e. The predicted molar refractivity (Wildman–Crippen MR) is 125 cm³/mol. The molecule has 5 rings (SSSR count). The monoisotopic (exact) mass is 435 g/mol. The van der Waals surface area contributed by atoms with Crippen molar-refractivity contribution in [3.05, 3.63) is 117 Å². The highest BCUT2D eigenvalue weighted by Gasteiger charge is 2.31. The summed E-state index contributed by atoms with van der Waals surface area (Å²) in [4.78, 5) is 51.2. The maximum Gasteiger partial charge on any atom is 0.248 e. The van der Waals surface area contributed by atoms with Crippen molar-refractivity contribution in [3.8, 4) is 0 Å². The first-order chi connectivity index (χ1) is 15.9. The molecule has 0 saturated heterocycles. The van der Waals surface area contributed by atoms with Crippen LogP contribution in [0.3, 0.4) is 0 Å². The maximum atomic E-state index is 13.1. The molecule has 3 aromatic carbocycles. The van der Waals surface area contributed by atoms with Crippen LogP contribution < -0.4 is 10.7 Å². The zero-order valence-electron chi connectivity index (χ0n) is 17.5. The first-order valence-electron chi connectivity index (χ1n) is 10.3. The number of carbonyl (C=O) groups excluding carboxylic acids is 3. The molecule has 0 spiro atoms. The fourth-order valence-electron chi connectivity index (χ4n) is 3.96. The molecule has 1 heterocycles. The van der Waals surface area contributed by atoms with Gasteiger partial charge in [0.15, 0.2) is 17.0 Å². The van der Waals surface area contributed by atoms with Crippen molar-refractivity contribution >= 4 is 40.2 Å². The number of fused-ring (bicyclic) bond motifs is 3. The van der Waals surface area contributed by atoms with Gasteiger partial charge in [-0.25, -0.2) is 0 Å². The predicted octanol–water partition coefficient (Wildman–Crippen LogP) is 4.53. The summed E-state index contributed by atoms with van der Waals surface area (Å²) >= 11 is 0. The Labute approximate surface area is 188 Å². The van der Waals surface area contributed by atoms with E-state index in [4.69, 9.17) is 4.42 Å². The van der Waals surface area contributed by atoms with Crippen molar-refractivity contribution in [2.75, 3.05) is 5.32 Å². The molecular weight excluding hydrogens is 418 g/mol. The molecular formula is C27H17NO5. The Balaban J connectivity index is 1.45. The third kappa shape index (κ3) is 3.47. The zero-order chi connectivity index (χ0) is 23.1. The van der Waals surface area contributed by atoms with Crippen LogP contribution in [-0.2, 0) is 4.79 Å². The SMILES string of the molecule is Cc1ccc2occ(/C=C/C(=O)Nc3cccc4c3C(=O)c3ccccc3C4=O)c(=O)c2c1. The Kier molecular flexibility index (Phi) is 4.83. The lowest BCUT2D eigenvalue weighted by Crippen LogP contribution is -2.23. The highest BCUT2D eigenvalue weighted by molar-refractivity contribution is 6.30. The van der Waals surface area contributed by atoms with Crippen LogP contribution in [0.2, 0.25) is 0 Å². The van der Waals surface area contributed by atoms with Gasteiger partial charge in [-0.15, -0.1) is 0 Å². The number of rotatable bonds is 3. The normalized spacial score (nSPS) is 12.6. The first-order valence-corrected chi connectivity index (χ1v) is 10.3. The quantitative estimate of drug-likeness (QED) is 0.420. The molecule has 1 aliphatic carbocycles. The maximum absolute atomic E-state index is 13.1. The number of hydrogen-bond acceptors (Lipinski definition) is 5. The first kappa shape index (κ1) is 20.3. The molecule has 6 nitrogen and oxygen atoms in total. The van der Waals surface area contributed by atoms with Gasteiger partial charge in [0.1, 0.15) is 11.8 Å². The standard InChI is InChI=1S/C27H17NO5/c1-15-9-11-22-20(13-15)25(30)16(14-33-22)10-12-23(29)28-21-8-4-7-19-24(21)27(32)18-6-3-2-5-17(18)26(19)31/h2-14H,1H3,(H,28,29)/b12-10+. The van der Waals surface area contributed by atoms with E-state index < -0.39 is 5.91 Å². The number of aryl methyl sites for hydroxylation is 1. The van der Waals surface area contributed by atoms with Crippen molar-refractivity contribution < 1.29 is 18.8 Å². The van der Waals surface area contributed by atoms with Gasteiger partial charge in [0, 0.05) is 22.8 Å². The minimum absolute atomic E-state index is 0.156. The average Bonchev–Trinajstić information content (AvgIpc) is 2.82. The van der Waals surface area contributed by atoms with Crippen molar-refractivity contribution in [1.82, 2.24) is 0 Å². The molecule has 0 atom stereocenters. The van der Waals surface area contributed by atoms with Gasteiger partial charge in [-0.2, -0.15) is 0 Å². The second-order valence-electron chi connectivity index (χ2n) is 7.77. The Morgan fingerprint density at radius 2 is 1.61 bits per heavy atom. The van der Waals surface area contributed by atoms with Crippen molar-refractivity contribution in [1.29, 1.82) is 0 Å². The molecule has 0 saturated carbocycles. The number of hydrogen-bond donors (Lipinski definition) is 1. The Morgan fingerprint density at radius 3 is 2.39 bits per heavy atom. The van der Waals surface area contributed by atoms with E-state index in [1.807, 2.05) is 13.0 Å². The summed E-state index contributed by atoms with van der Waals surface area (Å²) in [6.45, 7) is 1.87. The molecule has 4 aromatic rings. The Bertz CT molecular complexity index is 1580. The fraction of sp³-hybridized carbons (Fsp3) is 0.0370. The van der Waals surface area contributed by atoms with Crippen LogP contribution in [0, 0.1) is 6.92 Å². The molecule has 6 heteroatoms. The average molecular weight is 435 g/mol. The summed E-state index contributed by atoms with van der Waals surface area (Å²) in [6, 6.07) is 16.6. The minimum atomic E-state index is -0.550. The van der Waals surface area contributed by atoms with Crippen molar-refractivity contribution in [2.24, 2.45) is 0 Å². The third-order valence-corrected chi connectivity index (χ3v) is 5.58. The molecule has 1 N–H and O–H groups in total. The summed E-state index contributed by atoms with van der Waals surface area (Å²) in [5.41, 5.74) is 2.63. The Morgan fingerprint density at radius 1 is 0.879 bits per heavy atom. The molecule has 1 aromatic heterocycles. The van der Waals surface area contributed by atoms with Crippen LogP contribution >= 0.6 is 0 Å². The van der Waals surface area contributed by atoms with Gasteiger partial charge < -0.3 is 9.73 Å². The van der Waals surface area contributed by atoms with E-state index in [2.05, 4.69) is 5.32 Å². The summed E-state index contributed by atoms with van der Waals surface area (Å²) in [6.07, 6.45) is 3.85. The van der Waals surface area contributed by atoms with E-state index >= 15 is 0 Å². The Hall–Kier alpha value is -4.58. The van der Waals surface area contributed by atoms with Crippen LogP contribution in [0.1, 0.15) is 43.0 Å². The second-order valence-corrected chi connectivity index (χ2v) is 7.77. The van der Waals surface area contributed by atoms with Crippen LogP contribution in [-0.4, -0.2) is 17.5 Å². The van der Waals surface area contributed by atoms with Gasteiger partial charge in [-0.3, -0.25) is 19.2 Å². The smallest absolute Gasteiger partial charge is 0.248 e. The van der Waals surface area contributed by atoms with Gasteiger partial charge in [0.2, 0.25) is 5.91 Å². The van der Waals surface area contributed by atoms with Gasteiger partial charge in [0.05, 0.1) is 22.2 Å². The zero-order valence-corrected chi connectivity index (χ0v) is 17.5. The molecule has 1 aliphatic rings. The fourth-order valence-corrected chi connectivity index (χ4v) is 3.96. The van der Waals surface area contributed by atoms with Gasteiger partial charge in [-0.1, -0.05) is 48.0 Å². The number of nitrogens with one attached hydrogen (secondary N) is 1. The second kappa shape index (κ2) is 7.84. The number of anilines is 1. The van der Waals surface area contributed by atoms with Gasteiger partial charge >= 0.3 is 0 Å². The topological polar surface area (TPSA) is 93.4 Å². The van der Waals surface area contributed by atoms with E-state index in [9.17, 15) is 19.2 Å². The van der Waals surface area contributed by atoms with Crippen LogP contribution in [0.4, 0.5) is 5.69 Å². The highest BCUT2D eigenvalue weighted by atomic mass is 16.3. The molecule has 0 aliphatic heterocycles. The third-order valence-electron chi connectivity index (χ3n) is 5.58. The molecule has 0 unspecified atom stereocenters. The lowest BCUT2D eigenvalue weighted by atomic mass is 9.83. The van der Waals surface area contributed by atoms with Crippen molar-refractivity contribution in [3.63, 3.8) is 0 Å². The van der Waals surface area contributed by atoms with E-state index in [0.29, 0.717) is 22.1 Å². The molecule has 0 bridgehead atoms. The molecule has 0 radical (unpaired) electrons. The van der Waals surface area contributed by atoms with E-state index in [0.717, 1.165) is 5.56 Å². The van der Waals surface area contributed by atoms with E-state index in [-0.39, 0.29) is 39.4 Å². The lowest BCUT2D eigenvalue weighted by molar-refractivity contribution is -0.111. The highest BCUT2D eigenvalue weighted by Crippen LogP contribution is 2.31. The molecule has 160 valence electrons. The number of benzene rings is 3. The van der Waals surface area contributed by atoms with Crippen LogP contribution in [0.5, 0.6) is 0 Å². The number of amides is 1. The molecule has 1 amide bonds. The van der Waals surface area contributed by atoms with E-state index in [1.165, 1.54) is 18.4 Å². The minimum Gasteiger partial charge on any atom is -0.463 e. The number of carbonyl (C=O) groups is 3. The van der Waals surface area contributed by atoms with Crippen LogP contribution in [0.25, 0.3) is 17.0 Å². The lowest BCUT2D eigenvalue weighted by Gasteiger charge is -2.20.